The highest BCUT2D eigenvalue weighted by Crippen LogP contribution is 2.25. The topological polar surface area (TPSA) is 45.2 Å². The molecule has 1 heterocycles. The van der Waals surface area contributed by atoms with Crippen molar-refractivity contribution in [2.24, 2.45) is 0 Å². The molecular weight excluding hydrogens is 357 g/mol. The normalized spacial score (nSPS) is 11.0. The lowest BCUT2D eigenvalue weighted by Crippen LogP contribution is -2.29. The number of amides is 1. The Labute approximate surface area is 156 Å². The number of benzene rings is 2. The van der Waals surface area contributed by atoms with Crippen LogP contribution in [0, 0.1) is 0 Å². The van der Waals surface area contributed by atoms with Gasteiger partial charge in [-0.3, -0.25) is 14.7 Å². The van der Waals surface area contributed by atoms with Gasteiger partial charge in [0.1, 0.15) is 0 Å². The van der Waals surface area contributed by atoms with Crippen LogP contribution in [-0.4, -0.2) is 29.4 Å². The molecular formula is C19H17Cl2N3O. The van der Waals surface area contributed by atoms with E-state index < -0.39 is 0 Å². The molecule has 1 N–H and O–H groups in total. The molecule has 0 bridgehead atoms. The van der Waals surface area contributed by atoms with Crippen molar-refractivity contribution in [3.05, 3.63) is 70.3 Å². The lowest BCUT2D eigenvalue weighted by molar-refractivity contribution is -0.117. The summed E-state index contributed by atoms with van der Waals surface area (Å²) in [4.78, 5) is 18.6. The van der Waals surface area contributed by atoms with Crippen LogP contribution in [0.1, 0.15) is 5.56 Å². The largest absolute Gasteiger partial charge is 0.325 e. The van der Waals surface area contributed by atoms with Gasteiger partial charge < -0.3 is 5.32 Å². The van der Waals surface area contributed by atoms with E-state index >= 15 is 0 Å². The first-order valence-corrected chi connectivity index (χ1v) is 8.54. The summed E-state index contributed by atoms with van der Waals surface area (Å²) in [5.41, 5.74) is 2.57. The molecule has 2 aromatic carbocycles. The van der Waals surface area contributed by atoms with Gasteiger partial charge in [0.2, 0.25) is 5.91 Å². The maximum atomic E-state index is 12.2. The predicted octanol–water partition coefficient (Wildman–Crippen LogP) is 4.61. The minimum absolute atomic E-state index is 0.101. The Balaban J connectivity index is 1.67. The Kier molecular flexibility index (Phi) is 5.53. The number of hydrogen-bond donors (Lipinski definition) is 1. The zero-order chi connectivity index (χ0) is 17.8. The van der Waals surface area contributed by atoms with Gasteiger partial charge in [0.05, 0.1) is 12.1 Å². The molecule has 3 aromatic rings. The number of carbonyl (C=O) groups excluding carboxylic acids is 1. The maximum absolute atomic E-state index is 12.2. The van der Waals surface area contributed by atoms with Gasteiger partial charge in [-0.1, -0.05) is 35.3 Å². The molecule has 1 aromatic heterocycles. The number of halogens is 2. The van der Waals surface area contributed by atoms with Crippen molar-refractivity contribution in [1.29, 1.82) is 0 Å². The molecule has 0 unspecified atom stereocenters. The Hall–Kier alpha value is -2.14. The van der Waals surface area contributed by atoms with E-state index in [1.54, 1.807) is 30.5 Å². The summed E-state index contributed by atoms with van der Waals surface area (Å²) in [6, 6.07) is 14.7. The third kappa shape index (κ3) is 4.48. The molecule has 6 heteroatoms. The van der Waals surface area contributed by atoms with Crippen LogP contribution < -0.4 is 5.32 Å². The van der Waals surface area contributed by atoms with Gasteiger partial charge in [0.15, 0.2) is 0 Å². The van der Waals surface area contributed by atoms with Crippen molar-refractivity contribution in [1.82, 2.24) is 9.88 Å². The third-order valence-electron chi connectivity index (χ3n) is 3.76. The molecule has 0 aliphatic carbocycles. The number of hydrogen-bond acceptors (Lipinski definition) is 3. The van der Waals surface area contributed by atoms with Crippen LogP contribution in [0.2, 0.25) is 10.0 Å². The van der Waals surface area contributed by atoms with E-state index in [0.29, 0.717) is 22.3 Å². The standard InChI is InChI=1S/C19H17Cl2N3O/c1-24(12-18(25)23-15-5-2-4-14(20)10-15)11-13-7-8-17(21)16-6-3-9-22-19(13)16/h2-10H,11-12H2,1H3,(H,23,25). The molecule has 3 rings (SSSR count). The van der Waals surface area contributed by atoms with Crippen molar-refractivity contribution in [2.75, 3.05) is 18.9 Å². The van der Waals surface area contributed by atoms with Crippen LogP contribution in [0.5, 0.6) is 0 Å². The van der Waals surface area contributed by atoms with E-state index in [2.05, 4.69) is 10.3 Å². The predicted molar refractivity (Wildman–Crippen MR) is 103 cm³/mol. The molecule has 25 heavy (non-hydrogen) atoms. The summed E-state index contributed by atoms with van der Waals surface area (Å²) in [5, 5.41) is 5.02. The summed E-state index contributed by atoms with van der Waals surface area (Å²) >= 11 is 12.2. The highest BCUT2D eigenvalue weighted by atomic mass is 35.5. The number of rotatable bonds is 5. The van der Waals surface area contributed by atoms with Crippen molar-refractivity contribution >= 4 is 45.7 Å². The smallest absolute Gasteiger partial charge is 0.238 e. The summed E-state index contributed by atoms with van der Waals surface area (Å²) < 4.78 is 0. The summed E-state index contributed by atoms with van der Waals surface area (Å²) in [6.45, 7) is 0.844. The van der Waals surface area contributed by atoms with Gasteiger partial charge in [-0.05, 0) is 49.0 Å². The van der Waals surface area contributed by atoms with E-state index in [4.69, 9.17) is 23.2 Å². The fraction of sp³-hybridized carbons (Fsp3) is 0.158. The van der Waals surface area contributed by atoms with Crippen LogP contribution in [0.15, 0.2) is 54.7 Å². The van der Waals surface area contributed by atoms with Crippen LogP contribution in [-0.2, 0) is 11.3 Å². The lowest BCUT2D eigenvalue weighted by Gasteiger charge is -2.17. The number of likely N-dealkylation sites (N-methyl/N-ethyl adjacent to an activating group) is 1. The van der Waals surface area contributed by atoms with Crippen molar-refractivity contribution in [3.63, 3.8) is 0 Å². The van der Waals surface area contributed by atoms with Gasteiger partial charge in [0, 0.05) is 33.9 Å². The van der Waals surface area contributed by atoms with Crippen LogP contribution in [0.4, 0.5) is 5.69 Å². The third-order valence-corrected chi connectivity index (χ3v) is 4.33. The van der Waals surface area contributed by atoms with E-state index in [-0.39, 0.29) is 12.5 Å². The Bertz CT molecular complexity index is 914. The van der Waals surface area contributed by atoms with Crippen LogP contribution in [0.25, 0.3) is 10.9 Å². The average molecular weight is 374 g/mol. The summed E-state index contributed by atoms with van der Waals surface area (Å²) in [6.07, 6.45) is 1.74. The number of pyridine rings is 1. The zero-order valence-electron chi connectivity index (χ0n) is 13.7. The fourth-order valence-electron chi connectivity index (χ4n) is 2.68. The minimum Gasteiger partial charge on any atom is -0.325 e. The van der Waals surface area contributed by atoms with E-state index in [9.17, 15) is 4.79 Å². The SMILES string of the molecule is CN(CC(=O)Nc1cccc(Cl)c1)Cc1ccc(Cl)c2cccnc12. The maximum Gasteiger partial charge on any atom is 0.238 e. The Morgan fingerprint density at radius 3 is 2.80 bits per heavy atom. The molecule has 0 aliphatic heterocycles. The second kappa shape index (κ2) is 7.83. The molecule has 0 fully saturated rings. The fourth-order valence-corrected chi connectivity index (χ4v) is 3.09. The molecule has 0 atom stereocenters. The number of fused-ring (bicyclic) bond motifs is 1. The van der Waals surface area contributed by atoms with Crippen LogP contribution >= 0.6 is 23.2 Å². The first-order valence-electron chi connectivity index (χ1n) is 7.79. The van der Waals surface area contributed by atoms with E-state index in [1.165, 1.54) is 0 Å². The molecule has 1 amide bonds. The number of anilines is 1. The molecule has 0 aliphatic rings. The number of nitrogens with zero attached hydrogens (tertiary/aromatic N) is 2. The van der Waals surface area contributed by atoms with Crippen molar-refractivity contribution in [2.45, 2.75) is 6.54 Å². The van der Waals surface area contributed by atoms with Gasteiger partial charge >= 0.3 is 0 Å². The highest BCUT2D eigenvalue weighted by Gasteiger charge is 2.11. The Morgan fingerprint density at radius 1 is 1.16 bits per heavy atom. The van der Waals surface area contributed by atoms with Gasteiger partial charge in [0.25, 0.3) is 0 Å². The van der Waals surface area contributed by atoms with Crippen LogP contribution in [0.3, 0.4) is 0 Å². The average Bonchev–Trinajstić information content (AvgIpc) is 2.57. The first kappa shape index (κ1) is 17.7. The monoisotopic (exact) mass is 373 g/mol. The minimum atomic E-state index is -0.101. The van der Waals surface area contributed by atoms with E-state index in [0.717, 1.165) is 16.5 Å². The van der Waals surface area contributed by atoms with Gasteiger partial charge in [-0.25, -0.2) is 0 Å². The quantitative estimate of drug-likeness (QED) is 0.709. The Morgan fingerprint density at radius 2 is 2.00 bits per heavy atom. The van der Waals surface area contributed by atoms with Crippen molar-refractivity contribution < 1.29 is 4.79 Å². The first-order chi connectivity index (χ1) is 12.0. The lowest BCUT2D eigenvalue weighted by atomic mass is 10.1. The number of aromatic nitrogens is 1. The molecule has 128 valence electrons. The molecule has 0 radical (unpaired) electrons. The second-order valence-corrected chi connectivity index (χ2v) is 6.68. The zero-order valence-corrected chi connectivity index (χ0v) is 15.2. The second-order valence-electron chi connectivity index (χ2n) is 5.84. The highest BCUT2D eigenvalue weighted by molar-refractivity contribution is 6.35. The number of carbonyl (C=O) groups is 1. The molecule has 4 nitrogen and oxygen atoms in total. The summed E-state index contributed by atoms with van der Waals surface area (Å²) in [7, 11) is 1.89. The molecule has 0 saturated heterocycles. The summed E-state index contributed by atoms with van der Waals surface area (Å²) in [5.74, 6) is -0.101. The molecule has 0 saturated carbocycles. The van der Waals surface area contributed by atoms with Crippen molar-refractivity contribution in [3.8, 4) is 0 Å². The van der Waals surface area contributed by atoms with Gasteiger partial charge in [-0.2, -0.15) is 0 Å². The van der Waals surface area contributed by atoms with E-state index in [1.807, 2.05) is 36.2 Å². The van der Waals surface area contributed by atoms with Gasteiger partial charge in [-0.15, -0.1) is 0 Å². The molecule has 0 spiro atoms. The number of nitrogens with one attached hydrogen (secondary N) is 1.